The number of rotatable bonds is 3. The summed E-state index contributed by atoms with van der Waals surface area (Å²) >= 11 is 0. The van der Waals surface area contributed by atoms with Crippen LogP contribution < -0.4 is 5.73 Å². The number of hydrogen-bond acceptors (Lipinski definition) is 3. The topological polar surface area (TPSA) is 69.1 Å². The molecule has 2 N–H and O–H groups in total. The second-order valence-corrected chi connectivity index (χ2v) is 8.64. The highest BCUT2D eigenvalue weighted by Crippen LogP contribution is 2.31. The third-order valence-electron chi connectivity index (χ3n) is 6.51. The van der Waals surface area contributed by atoms with Gasteiger partial charge in [-0.05, 0) is 56.5 Å². The maximum Gasteiger partial charge on any atom is 0.253 e. The second-order valence-electron chi connectivity index (χ2n) is 8.64. The van der Waals surface area contributed by atoms with Gasteiger partial charge in [-0.15, -0.1) is 0 Å². The van der Waals surface area contributed by atoms with Gasteiger partial charge in [0.1, 0.15) is 0 Å². The quantitative estimate of drug-likeness (QED) is 0.548. The lowest BCUT2D eigenvalue weighted by atomic mass is 10.0. The van der Waals surface area contributed by atoms with Crippen LogP contribution in [0.25, 0.3) is 33.5 Å². The Hall–Kier alpha value is -3.12. The Morgan fingerprint density at radius 1 is 1.23 bits per heavy atom. The van der Waals surface area contributed by atoms with Crippen molar-refractivity contribution in [2.24, 2.45) is 12.8 Å². The van der Waals surface area contributed by atoms with Gasteiger partial charge >= 0.3 is 0 Å². The molecule has 6 nitrogen and oxygen atoms in total. The number of nitrogens with zero attached hydrogens (tertiary/aromatic N) is 4. The Morgan fingerprint density at radius 3 is 2.81 bits per heavy atom. The monoisotopic (exact) mass is 415 g/mol. The molecule has 1 aliphatic rings. The molecule has 2 aromatic carbocycles. The van der Waals surface area contributed by atoms with Crippen molar-refractivity contribution in [2.45, 2.75) is 39.3 Å². The molecule has 31 heavy (non-hydrogen) atoms. The first-order valence-electron chi connectivity index (χ1n) is 11.1. The van der Waals surface area contributed by atoms with Crippen LogP contribution in [0, 0.1) is 6.92 Å². The predicted octanol–water partition coefficient (Wildman–Crippen LogP) is 4.09. The van der Waals surface area contributed by atoms with Gasteiger partial charge in [0.15, 0.2) is 5.82 Å². The smallest absolute Gasteiger partial charge is 0.253 e. The highest BCUT2D eigenvalue weighted by atomic mass is 16.2. The van der Waals surface area contributed by atoms with E-state index in [1.807, 2.05) is 17.0 Å². The number of aryl methyl sites for hydroxylation is 3. The summed E-state index contributed by atoms with van der Waals surface area (Å²) in [7, 11) is 2.06. The van der Waals surface area contributed by atoms with Crippen LogP contribution in [0.1, 0.15) is 35.7 Å². The van der Waals surface area contributed by atoms with Gasteiger partial charge in [-0.3, -0.25) is 4.79 Å². The maximum atomic E-state index is 13.2. The fourth-order valence-corrected chi connectivity index (χ4v) is 5.04. The van der Waals surface area contributed by atoms with Crippen LogP contribution in [0.15, 0.2) is 42.5 Å². The fraction of sp³-hybridized carbons (Fsp3) is 0.360. The average molecular weight is 416 g/mol. The molecule has 0 spiro atoms. The highest BCUT2D eigenvalue weighted by molar-refractivity contribution is 5.99. The van der Waals surface area contributed by atoms with Gasteiger partial charge in [-0.25, -0.2) is 4.98 Å². The van der Waals surface area contributed by atoms with Crippen molar-refractivity contribution < 1.29 is 4.79 Å². The lowest BCUT2D eigenvalue weighted by molar-refractivity contribution is 0.0709. The molecule has 0 unspecified atom stereocenters. The van der Waals surface area contributed by atoms with E-state index in [0.29, 0.717) is 12.1 Å². The molecule has 0 bridgehead atoms. The van der Waals surface area contributed by atoms with Gasteiger partial charge in [0.25, 0.3) is 5.91 Å². The molecule has 4 aromatic rings. The van der Waals surface area contributed by atoms with Crippen molar-refractivity contribution in [3.63, 3.8) is 0 Å². The molecule has 2 aromatic heterocycles. The van der Waals surface area contributed by atoms with E-state index in [-0.39, 0.29) is 11.9 Å². The minimum atomic E-state index is 0.0509. The van der Waals surface area contributed by atoms with Crippen molar-refractivity contribution in [1.82, 2.24) is 19.0 Å². The SMILES string of the molecule is CCn1c(-c2nc3cc(C(=O)N4CCC[C@@H](N)C4)cc(C)c3n2C)cc2ccccc21. The summed E-state index contributed by atoms with van der Waals surface area (Å²) in [6.07, 6.45) is 1.94. The van der Waals surface area contributed by atoms with Crippen LogP contribution in [0.3, 0.4) is 0 Å². The first-order chi connectivity index (χ1) is 15.0. The minimum absolute atomic E-state index is 0.0509. The van der Waals surface area contributed by atoms with E-state index in [1.54, 1.807) is 0 Å². The number of hydrogen-bond donors (Lipinski definition) is 1. The van der Waals surface area contributed by atoms with Gasteiger partial charge in [0.2, 0.25) is 0 Å². The fourth-order valence-electron chi connectivity index (χ4n) is 5.04. The lowest BCUT2D eigenvalue weighted by Crippen LogP contribution is -2.45. The number of para-hydroxylation sites is 1. The third-order valence-corrected chi connectivity index (χ3v) is 6.51. The van der Waals surface area contributed by atoms with Crippen LogP contribution in [0.2, 0.25) is 0 Å². The average Bonchev–Trinajstić information content (AvgIpc) is 3.30. The Kier molecular flexibility index (Phi) is 4.82. The molecule has 0 aliphatic carbocycles. The molecule has 6 heteroatoms. The third kappa shape index (κ3) is 3.22. The molecule has 1 amide bonds. The largest absolute Gasteiger partial charge is 0.338 e. The zero-order valence-electron chi connectivity index (χ0n) is 18.4. The van der Waals surface area contributed by atoms with Crippen LogP contribution in [-0.4, -0.2) is 44.1 Å². The van der Waals surface area contributed by atoms with Gasteiger partial charge < -0.3 is 19.8 Å². The Bertz CT molecular complexity index is 1300. The summed E-state index contributed by atoms with van der Waals surface area (Å²) < 4.78 is 4.45. The molecule has 1 saturated heterocycles. The summed E-state index contributed by atoms with van der Waals surface area (Å²) in [5.41, 5.74) is 12.1. The molecular formula is C25H29N5O. The number of aromatic nitrogens is 3. The molecule has 3 heterocycles. The van der Waals surface area contributed by atoms with E-state index in [4.69, 9.17) is 10.7 Å². The van der Waals surface area contributed by atoms with Crippen LogP contribution >= 0.6 is 0 Å². The van der Waals surface area contributed by atoms with Gasteiger partial charge in [-0.1, -0.05) is 18.2 Å². The van der Waals surface area contributed by atoms with Crippen LogP contribution in [-0.2, 0) is 13.6 Å². The number of carbonyl (C=O) groups is 1. The highest BCUT2D eigenvalue weighted by Gasteiger charge is 2.24. The van der Waals surface area contributed by atoms with E-state index in [2.05, 4.69) is 60.4 Å². The number of likely N-dealkylation sites (tertiary alicyclic amines) is 1. The van der Waals surface area contributed by atoms with Crippen molar-refractivity contribution in [3.8, 4) is 11.5 Å². The van der Waals surface area contributed by atoms with Crippen molar-refractivity contribution in [2.75, 3.05) is 13.1 Å². The van der Waals surface area contributed by atoms with Crippen molar-refractivity contribution >= 4 is 27.8 Å². The van der Waals surface area contributed by atoms with E-state index in [9.17, 15) is 4.79 Å². The van der Waals surface area contributed by atoms with Crippen LogP contribution in [0.4, 0.5) is 0 Å². The van der Waals surface area contributed by atoms with Gasteiger partial charge in [0.05, 0.1) is 16.7 Å². The molecular weight excluding hydrogens is 386 g/mol. The Labute approximate surface area is 182 Å². The predicted molar refractivity (Wildman–Crippen MR) is 125 cm³/mol. The standard InChI is InChI=1S/C25H29N5O/c1-4-30-21-10-6-5-8-17(21)14-22(30)24-27-20-13-18(12-16(2)23(20)28(24)3)25(31)29-11-7-9-19(26)15-29/h5-6,8,10,12-14,19H,4,7,9,11,15,26H2,1-3H3/t19-/m1/s1. The number of fused-ring (bicyclic) bond motifs is 2. The number of amides is 1. The summed E-state index contributed by atoms with van der Waals surface area (Å²) in [6.45, 7) is 6.48. The Balaban J connectivity index is 1.62. The second kappa shape index (κ2) is 7.54. The number of benzene rings is 2. The summed E-state index contributed by atoms with van der Waals surface area (Å²) in [4.78, 5) is 20.0. The number of nitrogens with two attached hydrogens (primary N) is 1. The summed E-state index contributed by atoms with van der Waals surface area (Å²) in [5, 5.41) is 1.21. The molecule has 5 rings (SSSR count). The molecule has 0 saturated carbocycles. The lowest BCUT2D eigenvalue weighted by Gasteiger charge is -2.30. The van der Waals surface area contributed by atoms with Crippen LogP contribution in [0.5, 0.6) is 0 Å². The zero-order chi connectivity index (χ0) is 21.7. The summed E-state index contributed by atoms with van der Waals surface area (Å²) in [6, 6.07) is 14.6. The van der Waals surface area contributed by atoms with Gasteiger partial charge in [0, 0.05) is 49.2 Å². The van der Waals surface area contributed by atoms with E-state index >= 15 is 0 Å². The van der Waals surface area contributed by atoms with E-state index in [1.165, 1.54) is 10.9 Å². The maximum absolute atomic E-state index is 13.2. The molecule has 1 atom stereocenters. The van der Waals surface area contributed by atoms with E-state index < -0.39 is 0 Å². The molecule has 160 valence electrons. The molecule has 0 radical (unpaired) electrons. The molecule has 1 fully saturated rings. The van der Waals surface area contributed by atoms with Gasteiger partial charge in [-0.2, -0.15) is 0 Å². The molecule has 1 aliphatic heterocycles. The zero-order valence-corrected chi connectivity index (χ0v) is 18.4. The number of carbonyl (C=O) groups excluding carboxylic acids is 1. The van der Waals surface area contributed by atoms with Crippen molar-refractivity contribution in [3.05, 3.63) is 53.6 Å². The minimum Gasteiger partial charge on any atom is -0.338 e. The Morgan fingerprint density at radius 2 is 2.03 bits per heavy atom. The number of piperidine rings is 1. The normalized spacial score (nSPS) is 17.0. The summed E-state index contributed by atoms with van der Waals surface area (Å²) in [5.74, 6) is 0.968. The number of imidazole rings is 1. The van der Waals surface area contributed by atoms with Crippen molar-refractivity contribution in [1.29, 1.82) is 0 Å². The first kappa shape index (κ1) is 19.8. The van der Waals surface area contributed by atoms with E-state index in [0.717, 1.165) is 54.0 Å². The first-order valence-corrected chi connectivity index (χ1v) is 11.1.